The third kappa shape index (κ3) is 3.19. The van der Waals surface area contributed by atoms with Crippen LogP contribution in [-0.2, 0) is 6.54 Å². The molecule has 110 valence electrons. The van der Waals surface area contributed by atoms with E-state index in [2.05, 4.69) is 9.98 Å². The van der Waals surface area contributed by atoms with Crippen molar-refractivity contribution in [1.29, 1.82) is 0 Å². The van der Waals surface area contributed by atoms with Crippen molar-refractivity contribution in [2.45, 2.75) is 13.5 Å². The number of nitrogens with zero attached hydrogens (tertiary/aromatic N) is 2. The van der Waals surface area contributed by atoms with Crippen LogP contribution in [0.25, 0.3) is 0 Å². The fourth-order valence-corrected chi connectivity index (χ4v) is 2.12. The van der Waals surface area contributed by atoms with Gasteiger partial charge in [0.25, 0.3) is 5.56 Å². The molecule has 0 aliphatic carbocycles. The molecule has 0 aliphatic rings. The summed E-state index contributed by atoms with van der Waals surface area (Å²) in [4.78, 5) is 18.5. The van der Waals surface area contributed by atoms with Crippen LogP contribution in [0.2, 0.25) is 0 Å². The highest BCUT2D eigenvalue weighted by Crippen LogP contribution is 2.20. The van der Waals surface area contributed by atoms with Gasteiger partial charge in [0.05, 0.1) is 12.8 Å². The van der Waals surface area contributed by atoms with E-state index in [4.69, 9.17) is 17.0 Å². The lowest BCUT2D eigenvalue weighted by molar-refractivity contribution is 0.408. The maximum atomic E-state index is 11.9. The molecule has 0 spiro atoms. The lowest BCUT2D eigenvalue weighted by atomic mass is 10.3. The molecule has 0 bridgehead atoms. The molecule has 0 radical (unpaired) electrons. The Morgan fingerprint density at radius 2 is 2.29 bits per heavy atom. The molecule has 21 heavy (non-hydrogen) atoms. The first kappa shape index (κ1) is 15.0. The van der Waals surface area contributed by atoms with Crippen LogP contribution in [-0.4, -0.2) is 28.0 Å². The van der Waals surface area contributed by atoms with E-state index in [9.17, 15) is 9.90 Å². The fraction of sp³-hybridized carbons (Fsp3) is 0.214. The van der Waals surface area contributed by atoms with Gasteiger partial charge in [-0.25, -0.2) is 0 Å². The third-order valence-corrected chi connectivity index (χ3v) is 3.24. The first-order valence-corrected chi connectivity index (χ1v) is 6.71. The Labute approximate surface area is 126 Å². The lowest BCUT2D eigenvalue weighted by Gasteiger charge is -2.07. The van der Waals surface area contributed by atoms with Crippen molar-refractivity contribution in [3.8, 4) is 11.6 Å². The van der Waals surface area contributed by atoms with Crippen LogP contribution in [0.1, 0.15) is 12.5 Å². The molecule has 0 saturated carbocycles. The van der Waals surface area contributed by atoms with E-state index >= 15 is 0 Å². The smallest absolute Gasteiger partial charge is 0.264 e. The lowest BCUT2D eigenvalue weighted by Crippen LogP contribution is -2.18. The summed E-state index contributed by atoms with van der Waals surface area (Å²) < 4.78 is 6.70. The van der Waals surface area contributed by atoms with Crippen molar-refractivity contribution in [3.63, 3.8) is 0 Å². The second kappa shape index (κ2) is 6.36. The van der Waals surface area contributed by atoms with Gasteiger partial charge in [0.15, 0.2) is 4.77 Å². The molecule has 0 unspecified atom stereocenters. The first-order valence-electron chi connectivity index (χ1n) is 6.31. The van der Waals surface area contributed by atoms with Crippen molar-refractivity contribution in [2.75, 3.05) is 7.11 Å². The quantitative estimate of drug-likeness (QED) is 0.671. The van der Waals surface area contributed by atoms with Crippen LogP contribution < -0.4 is 10.3 Å². The molecule has 7 heteroatoms. The highest BCUT2D eigenvalue weighted by Gasteiger charge is 2.09. The molecule has 1 heterocycles. The molecule has 0 amide bonds. The SMILES string of the molecule is CCn1c(O)c(C=Nc2cccc(OC)c2)c(=O)[nH]c1=S. The van der Waals surface area contributed by atoms with Gasteiger partial charge in [0.1, 0.15) is 11.3 Å². The summed E-state index contributed by atoms with van der Waals surface area (Å²) in [6, 6.07) is 7.06. The maximum absolute atomic E-state index is 11.9. The average Bonchev–Trinajstić information content (AvgIpc) is 2.47. The molecule has 0 atom stereocenters. The van der Waals surface area contributed by atoms with Gasteiger partial charge in [-0.05, 0) is 31.3 Å². The number of H-pyrrole nitrogens is 1. The minimum absolute atomic E-state index is 0.0632. The molecule has 2 rings (SSSR count). The Kier molecular flexibility index (Phi) is 4.54. The fourth-order valence-electron chi connectivity index (χ4n) is 1.81. The van der Waals surface area contributed by atoms with Gasteiger partial charge >= 0.3 is 0 Å². The molecule has 1 aromatic heterocycles. The minimum Gasteiger partial charge on any atom is -0.497 e. The third-order valence-electron chi connectivity index (χ3n) is 2.92. The number of aliphatic imine (C=N–C) groups is 1. The van der Waals surface area contributed by atoms with E-state index in [1.165, 1.54) is 10.8 Å². The van der Waals surface area contributed by atoms with E-state index in [0.29, 0.717) is 18.0 Å². The Bertz CT molecular complexity index is 793. The summed E-state index contributed by atoms with van der Waals surface area (Å²) in [5.41, 5.74) is 0.195. The largest absolute Gasteiger partial charge is 0.497 e. The van der Waals surface area contributed by atoms with Crippen LogP contribution in [0.5, 0.6) is 11.6 Å². The highest BCUT2D eigenvalue weighted by atomic mass is 32.1. The second-order valence-electron chi connectivity index (χ2n) is 4.20. The Balaban J connectivity index is 2.46. The number of methoxy groups -OCH3 is 1. The number of ether oxygens (including phenoxy) is 1. The average molecular weight is 305 g/mol. The summed E-state index contributed by atoms with van der Waals surface area (Å²) in [5, 5.41) is 10.1. The molecule has 0 fully saturated rings. The number of hydrogen-bond donors (Lipinski definition) is 2. The number of hydrogen-bond acceptors (Lipinski definition) is 5. The first-order chi connectivity index (χ1) is 10.1. The summed E-state index contributed by atoms with van der Waals surface area (Å²) in [6.45, 7) is 2.26. The normalized spacial score (nSPS) is 11.0. The maximum Gasteiger partial charge on any atom is 0.264 e. The topological polar surface area (TPSA) is 79.6 Å². The van der Waals surface area contributed by atoms with Gasteiger partial charge in [-0.1, -0.05) is 6.07 Å². The van der Waals surface area contributed by atoms with Gasteiger partial charge in [0.2, 0.25) is 5.88 Å². The molecular formula is C14H15N3O3S. The van der Waals surface area contributed by atoms with Crippen molar-refractivity contribution >= 4 is 24.1 Å². The molecule has 6 nitrogen and oxygen atoms in total. The van der Waals surface area contributed by atoms with E-state index in [1.807, 2.05) is 6.92 Å². The van der Waals surface area contributed by atoms with E-state index in [0.717, 1.165) is 0 Å². The standard InChI is InChI=1S/C14H15N3O3S/c1-3-17-13(19)11(12(18)16-14(17)21)8-15-9-5-4-6-10(7-9)20-2/h4-8,19H,3H2,1-2H3,(H,16,18,21). The zero-order chi connectivity index (χ0) is 15.4. The van der Waals surface area contributed by atoms with E-state index in [1.54, 1.807) is 31.4 Å². The number of aromatic hydroxyl groups is 1. The van der Waals surface area contributed by atoms with Crippen LogP contribution >= 0.6 is 12.2 Å². The second-order valence-corrected chi connectivity index (χ2v) is 4.59. The van der Waals surface area contributed by atoms with Crippen molar-refractivity contribution < 1.29 is 9.84 Å². The van der Waals surface area contributed by atoms with Crippen molar-refractivity contribution in [1.82, 2.24) is 9.55 Å². The summed E-state index contributed by atoms with van der Waals surface area (Å²) in [7, 11) is 1.56. The zero-order valence-corrected chi connectivity index (χ0v) is 12.5. The molecule has 2 N–H and O–H groups in total. The number of benzene rings is 1. The molecule has 1 aromatic carbocycles. The van der Waals surface area contributed by atoms with Crippen molar-refractivity contribution in [2.24, 2.45) is 4.99 Å². The number of aromatic amines is 1. The molecular weight excluding hydrogens is 290 g/mol. The predicted octanol–water partition coefficient (Wildman–Crippen LogP) is 2.39. The van der Waals surface area contributed by atoms with Crippen LogP contribution in [0.15, 0.2) is 34.1 Å². The molecule has 0 saturated heterocycles. The Morgan fingerprint density at radius 1 is 1.52 bits per heavy atom. The van der Waals surface area contributed by atoms with Crippen LogP contribution in [0, 0.1) is 4.77 Å². The molecule has 2 aromatic rings. The van der Waals surface area contributed by atoms with Gasteiger partial charge in [0, 0.05) is 18.8 Å². The van der Waals surface area contributed by atoms with Crippen LogP contribution in [0.4, 0.5) is 5.69 Å². The Morgan fingerprint density at radius 3 is 2.95 bits per heavy atom. The predicted molar refractivity (Wildman–Crippen MR) is 83.5 cm³/mol. The number of nitrogens with one attached hydrogen (secondary N) is 1. The Hall–Kier alpha value is -2.41. The summed E-state index contributed by atoms with van der Waals surface area (Å²) in [6.07, 6.45) is 1.31. The summed E-state index contributed by atoms with van der Waals surface area (Å²) >= 11 is 4.98. The number of rotatable bonds is 4. The van der Waals surface area contributed by atoms with E-state index in [-0.39, 0.29) is 16.2 Å². The van der Waals surface area contributed by atoms with Gasteiger partial charge in [-0.2, -0.15) is 0 Å². The zero-order valence-electron chi connectivity index (χ0n) is 11.7. The van der Waals surface area contributed by atoms with Crippen molar-refractivity contribution in [3.05, 3.63) is 45.0 Å². The monoisotopic (exact) mass is 305 g/mol. The van der Waals surface area contributed by atoms with E-state index < -0.39 is 5.56 Å². The van der Waals surface area contributed by atoms with Gasteiger partial charge < -0.3 is 9.84 Å². The summed E-state index contributed by atoms with van der Waals surface area (Å²) in [5.74, 6) is 0.463. The highest BCUT2D eigenvalue weighted by molar-refractivity contribution is 7.71. The minimum atomic E-state index is -0.478. The number of aromatic nitrogens is 2. The van der Waals surface area contributed by atoms with Gasteiger partial charge in [-0.15, -0.1) is 0 Å². The van der Waals surface area contributed by atoms with Crippen LogP contribution in [0.3, 0.4) is 0 Å². The molecule has 0 aliphatic heterocycles. The van der Waals surface area contributed by atoms with Gasteiger partial charge in [-0.3, -0.25) is 19.3 Å².